The van der Waals surface area contributed by atoms with Gasteiger partial charge in [0.05, 0.1) is 22.0 Å². The van der Waals surface area contributed by atoms with Crippen molar-refractivity contribution in [2.75, 3.05) is 32.4 Å². The van der Waals surface area contributed by atoms with Crippen molar-refractivity contribution in [3.05, 3.63) is 30.1 Å². The molecule has 7 heteroatoms. The number of thioether (sulfide) groups is 1. The van der Waals surface area contributed by atoms with Crippen molar-refractivity contribution >= 4 is 41.1 Å². The maximum Gasteiger partial charge on any atom is 0.232 e. The number of hydrogen-bond acceptors (Lipinski definition) is 4. The molecule has 1 aliphatic heterocycles. The summed E-state index contributed by atoms with van der Waals surface area (Å²) in [4.78, 5) is 22.5. The summed E-state index contributed by atoms with van der Waals surface area (Å²) in [5.74, 6) is 2.31. The molecule has 1 fully saturated rings. The number of para-hydroxylation sites is 2. The number of likely N-dealkylation sites (tertiary alicyclic amines) is 1. The number of aromatic amines is 1. The first-order valence-corrected chi connectivity index (χ1v) is 9.71. The molecule has 0 aliphatic carbocycles. The first-order chi connectivity index (χ1) is 11.7. The number of nitrogens with one attached hydrogen (secondary N) is 2. The fourth-order valence-corrected chi connectivity index (χ4v) is 4.12. The lowest BCUT2D eigenvalue weighted by Crippen LogP contribution is -2.43. The number of imidazole rings is 1. The van der Waals surface area contributed by atoms with E-state index in [0.717, 1.165) is 42.9 Å². The molecule has 0 radical (unpaired) electrons. The molecule has 138 valence electrons. The van der Waals surface area contributed by atoms with E-state index in [2.05, 4.69) is 22.2 Å². The molecule has 2 N–H and O–H groups in total. The number of rotatable bonds is 6. The van der Waals surface area contributed by atoms with E-state index in [1.807, 2.05) is 36.2 Å². The number of nitrogens with zero attached hydrogens (tertiary/aromatic N) is 2. The van der Waals surface area contributed by atoms with E-state index in [0.29, 0.717) is 11.7 Å². The lowest BCUT2D eigenvalue weighted by Gasteiger charge is -2.32. The van der Waals surface area contributed by atoms with E-state index in [1.54, 1.807) is 11.8 Å². The summed E-state index contributed by atoms with van der Waals surface area (Å²) in [6, 6.07) is 8.04. The van der Waals surface area contributed by atoms with Crippen molar-refractivity contribution in [1.29, 1.82) is 0 Å². The lowest BCUT2D eigenvalue weighted by molar-refractivity contribution is -0.130. The van der Waals surface area contributed by atoms with Gasteiger partial charge < -0.3 is 15.2 Å². The van der Waals surface area contributed by atoms with Crippen LogP contribution in [-0.4, -0.2) is 53.2 Å². The Kier molecular flexibility index (Phi) is 7.59. The van der Waals surface area contributed by atoms with Crippen LogP contribution in [-0.2, 0) is 4.79 Å². The molecule has 0 spiro atoms. The highest BCUT2D eigenvalue weighted by Crippen LogP contribution is 2.28. The Morgan fingerprint density at radius 3 is 3.04 bits per heavy atom. The second kappa shape index (κ2) is 9.46. The molecule has 5 nitrogen and oxygen atoms in total. The number of fused-ring (bicyclic) bond motifs is 1. The summed E-state index contributed by atoms with van der Waals surface area (Å²) in [7, 11) is 1.98. The lowest BCUT2D eigenvalue weighted by atomic mass is 9.98. The van der Waals surface area contributed by atoms with Crippen LogP contribution < -0.4 is 5.32 Å². The molecule has 1 aromatic carbocycles. The largest absolute Gasteiger partial charge is 0.342 e. The number of halogens is 1. The monoisotopic (exact) mass is 382 g/mol. The smallest absolute Gasteiger partial charge is 0.232 e. The molecular weight excluding hydrogens is 356 g/mol. The molecule has 1 saturated heterocycles. The van der Waals surface area contributed by atoms with Crippen molar-refractivity contribution in [1.82, 2.24) is 20.2 Å². The summed E-state index contributed by atoms with van der Waals surface area (Å²) >= 11 is 1.66. The van der Waals surface area contributed by atoms with E-state index < -0.39 is 0 Å². The van der Waals surface area contributed by atoms with Crippen LogP contribution in [0.25, 0.3) is 11.0 Å². The topological polar surface area (TPSA) is 61.0 Å². The van der Waals surface area contributed by atoms with E-state index in [4.69, 9.17) is 0 Å². The van der Waals surface area contributed by atoms with Crippen LogP contribution in [0.5, 0.6) is 0 Å². The second-order valence-corrected chi connectivity index (χ2v) is 7.83. The van der Waals surface area contributed by atoms with Gasteiger partial charge in [0.15, 0.2) is 0 Å². The van der Waals surface area contributed by atoms with Gasteiger partial charge in [-0.2, -0.15) is 0 Å². The molecule has 1 aromatic heterocycles. The summed E-state index contributed by atoms with van der Waals surface area (Å²) in [5.41, 5.74) is 2.04. The fourth-order valence-electron chi connectivity index (χ4n) is 3.28. The van der Waals surface area contributed by atoms with Gasteiger partial charge in [0.1, 0.15) is 5.82 Å². The van der Waals surface area contributed by atoms with E-state index in [1.165, 1.54) is 6.42 Å². The number of H-pyrrole nitrogens is 1. The van der Waals surface area contributed by atoms with E-state index >= 15 is 0 Å². The van der Waals surface area contributed by atoms with Gasteiger partial charge in [0, 0.05) is 13.1 Å². The van der Waals surface area contributed by atoms with E-state index in [9.17, 15) is 4.79 Å². The minimum atomic E-state index is 0. The Bertz CT molecular complexity index is 658. The number of piperidine rings is 1. The summed E-state index contributed by atoms with van der Waals surface area (Å²) < 4.78 is 0. The van der Waals surface area contributed by atoms with Gasteiger partial charge in [-0.15, -0.1) is 24.2 Å². The number of carbonyl (C=O) groups is 1. The molecule has 3 rings (SSSR count). The van der Waals surface area contributed by atoms with Gasteiger partial charge in [0.25, 0.3) is 0 Å². The Labute approximate surface area is 159 Å². The molecule has 1 amide bonds. The van der Waals surface area contributed by atoms with Crippen LogP contribution in [0.4, 0.5) is 0 Å². The zero-order valence-corrected chi connectivity index (χ0v) is 16.5. The zero-order valence-electron chi connectivity index (χ0n) is 14.8. The highest BCUT2D eigenvalue weighted by atomic mass is 35.5. The molecule has 2 atom stereocenters. The number of carbonyl (C=O) groups excluding carboxylic acids is 1. The minimum Gasteiger partial charge on any atom is -0.342 e. The molecule has 0 bridgehead atoms. The van der Waals surface area contributed by atoms with Crippen LogP contribution in [0.15, 0.2) is 24.3 Å². The third kappa shape index (κ3) is 5.12. The zero-order chi connectivity index (χ0) is 16.9. The molecule has 0 saturated carbocycles. The first kappa shape index (κ1) is 20.1. The normalized spacial score (nSPS) is 18.8. The van der Waals surface area contributed by atoms with Crippen LogP contribution in [0, 0.1) is 5.92 Å². The molecule has 2 aromatic rings. The maximum absolute atomic E-state index is 12.5. The SMILES string of the molecule is CNCC1CCCN(C(=O)CSC(C)c2nc3ccccc3[nH]2)C1.Cl. The Balaban J connectivity index is 0.00000225. The maximum atomic E-state index is 12.5. The average molecular weight is 383 g/mol. The van der Waals surface area contributed by atoms with Gasteiger partial charge >= 0.3 is 0 Å². The third-order valence-electron chi connectivity index (χ3n) is 4.61. The number of benzene rings is 1. The first-order valence-electron chi connectivity index (χ1n) is 8.66. The fraction of sp³-hybridized carbons (Fsp3) is 0.556. The van der Waals surface area contributed by atoms with Crippen molar-refractivity contribution in [2.45, 2.75) is 25.0 Å². The summed E-state index contributed by atoms with van der Waals surface area (Å²) in [6.07, 6.45) is 2.33. The standard InChI is InChI=1S/C18H26N4OS.ClH/c1-13(18-20-15-7-3-4-8-16(15)21-18)24-12-17(23)22-9-5-6-14(11-22)10-19-2;/h3-4,7-8,13-14,19H,5-6,9-12H2,1-2H3,(H,20,21);1H. The van der Waals surface area contributed by atoms with Gasteiger partial charge in [0.2, 0.25) is 5.91 Å². The van der Waals surface area contributed by atoms with Gasteiger partial charge in [-0.05, 0) is 51.4 Å². The van der Waals surface area contributed by atoms with Crippen LogP contribution in [0.2, 0.25) is 0 Å². The van der Waals surface area contributed by atoms with Crippen LogP contribution in [0.3, 0.4) is 0 Å². The van der Waals surface area contributed by atoms with Crippen molar-refractivity contribution in [3.63, 3.8) is 0 Å². The molecule has 1 aliphatic rings. The van der Waals surface area contributed by atoms with E-state index in [-0.39, 0.29) is 23.6 Å². The minimum absolute atomic E-state index is 0. The molecular formula is C18H27ClN4OS. The average Bonchev–Trinajstić information content (AvgIpc) is 3.04. The predicted octanol–water partition coefficient (Wildman–Crippen LogP) is 3.24. The van der Waals surface area contributed by atoms with Crippen molar-refractivity contribution in [2.24, 2.45) is 5.92 Å². The Hall–Kier alpha value is -1.24. The van der Waals surface area contributed by atoms with Gasteiger partial charge in [-0.3, -0.25) is 4.79 Å². The molecule has 2 unspecified atom stereocenters. The Morgan fingerprint density at radius 1 is 1.48 bits per heavy atom. The number of aromatic nitrogens is 2. The second-order valence-electron chi connectivity index (χ2n) is 6.50. The molecule has 2 heterocycles. The van der Waals surface area contributed by atoms with Gasteiger partial charge in [-0.25, -0.2) is 4.98 Å². The quantitative estimate of drug-likeness (QED) is 0.805. The van der Waals surface area contributed by atoms with Crippen LogP contribution in [0.1, 0.15) is 30.8 Å². The highest BCUT2D eigenvalue weighted by molar-refractivity contribution is 8.00. The van der Waals surface area contributed by atoms with Crippen LogP contribution >= 0.6 is 24.2 Å². The number of amides is 1. The summed E-state index contributed by atoms with van der Waals surface area (Å²) in [5, 5.41) is 3.41. The molecule has 25 heavy (non-hydrogen) atoms. The predicted molar refractivity (Wildman–Crippen MR) is 107 cm³/mol. The van der Waals surface area contributed by atoms with Crippen molar-refractivity contribution in [3.8, 4) is 0 Å². The van der Waals surface area contributed by atoms with Crippen molar-refractivity contribution < 1.29 is 4.79 Å². The third-order valence-corrected chi connectivity index (χ3v) is 5.75. The number of hydrogen-bond donors (Lipinski definition) is 2. The Morgan fingerprint density at radius 2 is 2.28 bits per heavy atom. The highest BCUT2D eigenvalue weighted by Gasteiger charge is 2.24. The van der Waals surface area contributed by atoms with Gasteiger partial charge in [-0.1, -0.05) is 12.1 Å². The summed E-state index contributed by atoms with van der Waals surface area (Å²) in [6.45, 7) is 4.89.